The maximum Gasteiger partial charge on any atom is 0.0723 e. The SMILES string of the molecule is CCCCCCCCC(O)C=CC=CCCCCCC(O)CC. The molecule has 0 radical (unpaired) electrons. The molecule has 23 heavy (non-hydrogen) atoms. The first kappa shape index (κ1) is 22.4. The standard InChI is InChI=1S/C21H40O2/c1-3-5-6-7-11-15-18-21(23)19-16-13-10-8-9-12-14-17-20(22)4-2/h10,13,16,19-23H,3-9,11-12,14-15,17-18H2,1-2H3. The Morgan fingerprint density at radius 2 is 1.39 bits per heavy atom. The second-order valence-corrected chi connectivity index (χ2v) is 6.64. The van der Waals surface area contributed by atoms with Gasteiger partial charge in [0.2, 0.25) is 0 Å². The molecule has 0 spiro atoms. The van der Waals surface area contributed by atoms with Gasteiger partial charge in [-0.05, 0) is 32.1 Å². The molecule has 0 saturated heterocycles. The first-order valence-corrected chi connectivity index (χ1v) is 9.90. The quantitative estimate of drug-likeness (QED) is 0.273. The molecule has 0 saturated carbocycles. The molecule has 0 fully saturated rings. The van der Waals surface area contributed by atoms with Crippen LogP contribution in [0.5, 0.6) is 0 Å². The van der Waals surface area contributed by atoms with E-state index in [0.717, 1.165) is 38.5 Å². The van der Waals surface area contributed by atoms with E-state index in [-0.39, 0.29) is 12.2 Å². The molecule has 0 aromatic carbocycles. The van der Waals surface area contributed by atoms with Crippen LogP contribution < -0.4 is 0 Å². The van der Waals surface area contributed by atoms with Crippen LogP contribution in [0.1, 0.15) is 97.3 Å². The zero-order chi connectivity index (χ0) is 17.2. The molecule has 0 bridgehead atoms. The molecule has 2 unspecified atom stereocenters. The van der Waals surface area contributed by atoms with Crippen molar-refractivity contribution in [2.24, 2.45) is 0 Å². The lowest BCUT2D eigenvalue weighted by atomic mass is 10.1. The van der Waals surface area contributed by atoms with E-state index < -0.39 is 0 Å². The van der Waals surface area contributed by atoms with Crippen LogP contribution in [0.25, 0.3) is 0 Å². The number of hydrogen-bond donors (Lipinski definition) is 2. The first-order valence-electron chi connectivity index (χ1n) is 9.90. The van der Waals surface area contributed by atoms with E-state index in [1.54, 1.807) is 0 Å². The lowest BCUT2D eigenvalue weighted by Gasteiger charge is -2.05. The summed E-state index contributed by atoms with van der Waals surface area (Å²) in [4.78, 5) is 0. The van der Waals surface area contributed by atoms with Crippen LogP contribution in [0.15, 0.2) is 24.3 Å². The third-order valence-corrected chi connectivity index (χ3v) is 4.31. The fourth-order valence-corrected chi connectivity index (χ4v) is 2.62. The van der Waals surface area contributed by atoms with Crippen LogP contribution in [0.2, 0.25) is 0 Å². The maximum absolute atomic E-state index is 9.86. The van der Waals surface area contributed by atoms with E-state index in [9.17, 15) is 10.2 Å². The molecule has 2 nitrogen and oxygen atoms in total. The van der Waals surface area contributed by atoms with Gasteiger partial charge in [-0.25, -0.2) is 0 Å². The van der Waals surface area contributed by atoms with Crippen LogP contribution in [0, 0.1) is 0 Å². The van der Waals surface area contributed by atoms with Crippen molar-refractivity contribution in [1.82, 2.24) is 0 Å². The largest absolute Gasteiger partial charge is 0.393 e. The highest BCUT2D eigenvalue weighted by molar-refractivity contribution is 5.04. The third kappa shape index (κ3) is 17.6. The van der Waals surface area contributed by atoms with Crippen molar-refractivity contribution in [3.05, 3.63) is 24.3 Å². The average molecular weight is 325 g/mol. The Morgan fingerprint density at radius 1 is 0.739 bits per heavy atom. The fraction of sp³-hybridized carbons (Fsp3) is 0.810. The zero-order valence-corrected chi connectivity index (χ0v) is 15.6. The molecule has 0 heterocycles. The Kier molecular flexibility index (Phi) is 17.3. The van der Waals surface area contributed by atoms with Crippen molar-refractivity contribution < 1.29 is 10.2 Å². The van der Waals surface area contributed by atoms with Gasteiger partial charge in [0.25, 0.3) is 0 Å². The summed E-state index contributed by atoms with van der Waals surface area (Å²) in [6, 6.07) is 0. The summed E-state index contributed by atoms with van der Waals surface area (Å²) in [5.41, 5.74) is 0. The maximum atomic E-state index is 9.86. The summed E-state index contributed by atoms with van der Waals surface area (Å²) < 4.78 is 0. The summed E-state index contributed by atoms with van der Waals surface area (Å²) in [6.45, 7) is 4.26. The van der Waals surface area contributed by atoms with Gasteiger partial charge in [0.1, 0.15) is 0 Å². The highest BCUT2D eigenvalue weighted by Crippen LogP contribution is 2.10. The van der Waals surface area contributed by atoms with Crippen molar-refractivity contribution >= 4 is 0 Å². The van der Waals surface area contributed by atoms with Gasteiger partial charge in [0, 0.05) is 0 Å². The van der Waals surface area contributed by atoms with Gasteiger partial charge in [0.15, 0.2) is 0 Å². The molecule has 0 aromatic rings. The van der Waals surface area contributed by atoms with Gasteiger partial charge in [-0.15, -0.1) is 0 Å². The highest BCUT2D eigenvalue weighted by Gasteiger charge is 1.99. The number of rotatable bonds is 16. The molecule has 0 rings (SSSR count). The Labute approximate surface area is 144 Å². The van der Waals surface area contributed by atoms with Crippen molar-refractivity contribution in [2.45, 2.75) is 110 Å². The van der Waals surface area contributed by atoms with E-state index >= 15 is 0 Å². The minimum Gasteiger partial charge on any atom is -0.393 e. The Morgan fingerprint density at radius 3 is 2.13 bits per heavy atom. The van der Waals surface area contributed by atoms with Crippen molar-refractivity contribution in [1.29, 1.82) is 0 Å². The Bertz CT molecular complexity index is 284. The van der Waals surface area contributed by atoms with E-state index in [0.29, 0.717) is 0 Å². The summed E-state index contributed by atoms with van der Waals surface area (Å²) in [6.07, 6.45) is 22.6. The molecule has 136 valence electrons. The number of unbranched alkanes of at least 4 members (excludes halogenated alkanes) is 8. The lowest BCUT2D eigenvalue weighted by Crippen LogP contribution is -2.03. The molecule has 2 atom stereocenters. The first-order chi connectivity index (χ1) is 11.2. The molecule has 0 amide bonds. The van der Waals surface area contributed by atoms with Gasteiger partial charge in [-0.3, -0.25) is 0 Å². The van der Waals surface area contributed by atoms with E-state index in [2.05, 4.69) is 13.0 Å². The molecule has 0 aromatic heterocycles. The molecule has 0 aliphatic carbocycles. The summed E-state index contributed by atoms with van der Waals surface area (Å²) in [5, 5.41) is 19.3. The second-order valence-electron chi connectivity index (χ2n) is 6.64. The molecular weight excluding hydrogens is 284 g/mol. The van der Waals surface area contributed by atoms with Crippen LogP contribution >= 0.6 is 0 Å². The van der Waals surface area contributed by atoms with Gasteiger partial charge in [0.05, 0.1) is 12.2 Å². The van der Waals surface area contributed by atoms with Crippen LogP contribution in [-0.4, -0.2) is 22.4 Å². The van der Waals surface area contributed by atoms with Crippen molar-refractivity contribution in [2.75, 3.05) is 0 Å². The molecule has 2 heteroatoms. The number of aliphatic hydroxyl groups excluding tert-OH is 2. The molecule has 0 aliphatic heterocycles. The Hall–Kier alpha value is -0.600. The summed E-state index contributed by atoms with van der Waals surface area (Å²) in [7, 11) is 0. The third-order valence-electron chi connectivity index (χ3n) is 4.31. The monoisotopic (exact) mass is 324 g/mol. The normalized spacial score (nSPS) is 14.8. The molecular formula is C21H40O2. The average Bonchev–Trinajstić information content (AvgIpc) is 2.56. The highest BCUT2D eigenvalue weighted by atomic mass is 16.3. The van der Waals surface area contributed by atoms with Crippen LogP contribution in [0.4, 0.5) is 0 Å². The smallest absolute Gasteiger partial charge is 0.0723 e. The van der Waals surface area contributed by atoms with Gasteiger partial charge >= 0.3 is 0 Å². The van der Waals surface area contributed by atoms with Gasteiger partial charge in [-0.2, -0.15) is 0 Å². The van der Waals surface area contributed by atoms with Gasteiger partial charge < -0.3 is 10.2 Å². The predicted octanol–water partition coefficient (Wildman–Crippen LogP) is 5.93. The summed E-state index contributed by atoms with van der Waals surface area (Å²) in [5.74, 6) is 0. The van der Waals surface area contributed by atoms with Crippen LogP contribution in [0.3, 0.4) is 0 Å². The minimum absolute atomic E-state index is 0.110. The number of aliphatic hydroxyl groups is 2. The van der Waals surface area contributed by atoms with Crippen LogP contribution in [-0.2, 0) is 0 Å². The number of hydrogen-bond acceptors (Lipinski definition) is 2. The topological polar surface area (TPSA) is 40.5 Å². The lowest BCUT2D eigenvalue weighted by molar-refractivity contribution is 0.156. The van der Waals surface area contributed by atoms with E-state index in [1.807, 2.05) is 25.2 Å². The zero-order valence-electron chi connectivity index (χ0n) is 15.6. The van der Waals surface area contributed by atoms with E-state index in [4.69, 9.17) is 0 Å². The fourth-order valence-electron chi connectivity index (χ4n) is 2.62. The predicted molar refractivity (Wildman–Crippen MR) is 102 cm³/mol. The molecule has 2 N–H and O–H groups in total. The van der Waals surface area contributed by atoms with Crippen molar-refractivity contribution in [3.63, 3.8) is 0 Å². The summed E-state index contributed by atoms with van der Waals surface area (Å²) >= 11 is 0. The van der Waals surface area contributed by atoms with Crippen molar-refractivity contribution in [3.8, 4) is 0 Å². The Balaban J connectivity index is 3.42. The van der Waals surface area contributed by atoms with E-state index in [1.165, 1.54) is 44.9 Å². The minimum atomic E-state index is -0.290. The number of allylic oxidation sites excluding steroid dienone is 3. The molecule has 0 aliphatic rings. The van der Waals surface area contributed by atoms with Gasteiger partial charge in [-0.1, -0.05) is 89.5 Å². The second kappa shape index (κ2) is 17.7.